The van der Waals surface area contributed by atoms with Crippen LogP contribution < -0.4 is 5.32 Å². The molecule has 1 atom stereocenters. The molecule has 0 aromatic heterocycles. The molecule has 0 aliphatic heterocycles. The first kappa shape index (κ1) is 20.2. The number of rotatable bonds is 8. The van der Waals surface area contributed by atoms with Crippen molar-refractivity contribution in [1.82, 2.24) is 10.2 Å². The molecular formula is C19H30N2O3. The van der Waals surface area contributed by atoms with Crippen LogP contribution in [0.2, 0.25) is 0 Å². The van der Waals surface area contributed by atoms with Crippen molar-refractivity contribution in [2.75, 3.05) is 13.6 Å². The second kappa shape index (κ2) is 9.42. The van der Waals surface area contributed by atoms with Gasteiger partial charge in [-0.3, -0.25) is 9.69 Å². The molecule has 1 aromatic rings. The molecule has 0 bridgehead atoms. The molecule has 0 saturated carbocycles. The molecule has 1 amide bonds. The van der Waals surface area contributed by atoms with E-state index in [4.69, 9.17) is 4.74 Å². The minimum Gasteiger partial charge on any atom is -0.444 e. The number of likely N-dealkylation sites (N-methyl/N-ethyl adjacent to an activating group) is 1. The lowest BCUT2D eigenvalue weighted by atomic mass is 10.1. The van der Waals surface area contributed by atoms with Crippen LogP contribution in [0.25, 0.3) is 0 Å². The monoisotopic (exact) mass is 334 g/mol. The molecule has 5 nitrogen and oxygen atoms in total. The number of ketones is 1. The molecule has 0 aliphatic carbocycles. The van der Waals surface area contributed by atoms with E-state index in [1.807, 2.05) is 49.2 Å². The maximum Gasteiger partial charge on any atom is 0.408 e. The molecule has 0 heterocycles. The maximum absolute atomic E-state index is 12.3. The molecule has 134 valence electrons. The van der Waals surface area contributed by atoms with Crippen LogP contribution in [0, 0.1) is 0 Å². The van der Waals surface area contributed by atoms with Crippen LogP contribution in [0.1, 0.15) is 46.1 Å². The van der Waals surface area contributed by atoms with Crippen molar-refractivity contribution in [2.45, 2.75) is 58.7 Å². The van der Waals surface area contributed by atoms with Gasteiger partial charge in [-0.15, -0.1) is 0 Å². The Balaban J connectivity index is 2.67. The van der Waals surface area contributed by atoms with E-state index >= 15 is 0 Å². The van der Waals surface area contributed by atoms with Gasteiger partial charge in [0.1, 0.15) is 11.6 Å². The summed E-state index contributed by atoms with van der Waals surface area (Å²) in [6.45, 7) is 8.53. The fourth-order valence-corrected chi connectivity index (χ4v) is 2.37. The van der Waals surface area contributed by atoms with Gasteiger partial charge in [-0.05, 0) is 39.8 Å². The van der Waals surface area contributed by atoms with E-state index < -0.39 is 17.7 Å². The molecule has 5 heteroatoms. The largest absolute Gasteiger partial charge is 0.444 e. The topological polar surface area (TPSA) is 58.6 Å². The van der Waals surface area contributed by atoms with Crippen LogP contribution in [0.4, 0.5) is 4.79 Å². The van der Waals surface area contributed by atoms with E-state index in [0.717, 1.165) is 6.42 Å². The van der Waals surface area contributed by atoms with Gasteiger partial charge in [0.15, 0.2) is 5.78 Å². The molecule has 0 aliphatic rings. The molecule has 0 spiro atoms. The predicted octanol–water partition coefficient (Wildman–Crippen LogP) is 3.38. The van der Waals surface area contributed by atoms with Gasteiger partial charge in [0.05, 0.1) is 0 Å². The highest BCUT2D eigenvalue weighted by molar-refractivity contribution is 5.87. The Labute approximate surface area is 145 Å². The Bertz CT molecular complexity index is 523. The summed E-state index contributed by atoms with van der Waals surface area (Å²) in [5, 5.41) is 2.72. The van der Waals surface area contributed by atoms with Crippen LogP contribution in [0.3, 0.4) is 0 Å². The summed E-state index contributed by atoms with van der Waals surface area (Å²) >= 11 is 0. The highest BCUT2D eigenvalue weighted by atomic mass is 16.6. The van der Waals surface area contributed by atoms with Crippen molar-refractivity contribution in [3.63, 3.8) is 0 Å². The van der Waals surface area contributed by atoms with Crippen molar-refractivity contribution in [1.29, 1.82) is 0 Å². The van der Waals surface area contributed by atoms with Gasteiger partial charge in [-0.25, -0.2) is 4.79 Å². The number of nitrogens with one attached hydrogen (secondary N) is 1. The van der Waals surface area contributed by atoms with Gasteiger partial charge in [-0.2, -0.15) is 0 Å². The van der Waals surface area contributed by atoms with Crippen LogP contribution in [-0.2, 0) is 16.1 Å². The van der Waals surface area contributed by atoms with Gasteiger partial charge in [0.25, 0.3) is 0 Å². The molecule has 1 aromatic carbocycles. The number of hydrogen-bond donors (Lipinski definition) is 1. The van der Waals surface area contributed by atoms with Gasteiger partial charge in [-0.1, -0.05) is 37.3 Å². The standard InChI is InChI=1S/C19H30N2O3/c1-6-10-17(22)16(20-18(23)24-19(2,3)4)14-21(5)13-15-11-8-7-9-12-15/h7-9,11-12,16H,6,10,13-14H2,1-5H3,(H,20,23). The smallest absolute Gasteiger partial charge is 0.408 e. The van der Waals surface area contributed by atoms with E-state index in [-0.39, 0.29) is 5.78 Å². The molecule has 1 rings (SSSR count). The number of alkyl carbamates (subject to hydrolysis) is 1. The zero-order chi connectivity index (χ0) is 18.2. The predicted molar refractivity (Wildman–Crippen MR) is 95.8 cm³/mol. The van der Waals surface area contributed by atoms with Crippen LogP contribution in [0.5, 0.6) is 0 Å². The quantitative estimate of drug-likeness (QED) is 0.792. The number of Topliss-reactive ketones (excluding diaryl/α,β-unsaturated/α-hetero) is 1. The van der Waals surface area contributed by atoms with E-state index in [1.165, 1.54) is 5.56 Å². The summed E-state index contributed by atoms with van der Waals surface area (Å²) in [6, 6.07) is 9.47. The minimum atomic E-state index is -0.585. The lowest BCUT2D eigenvalue weighted by Crippen LogP contribution is -2.48. The minimum absolute atomic E-state index is 0.0308. The van der Waals surface area contributed by atoms with Gasteiger partial charge in [0.2, 0.25) is 0 Å². The first-order chi connectivity index (χ1) is 11.2. The number of hydrogen-bond acceptors (Lipinski definition) is 4. The van der Waals surface area contributed by atoms with E-state index in [2.05, 4.69) is 5.32 Å². The molecule has 0 fully saturated rings. The number of carbonyl (C=O) groups excluding carboxylic acids is 2. The van der Waals surface area contributed by atoms with Crippen molar-refractivity contribution in [3.8, 4) is 0 Å². The highest BCUT2D eigenvalue weighted by Gasteiger charge is 2.24. The van der Waals surface area contributed by atoms with E-state index in [1.54, 1.807) is 20.8 Å². The average molecular weight is 334 g/mol. The number of benzene rings is 1. The van der Waals surface area contributed by atoms with E-state index in [9.17, 15) is 9.59 Å². The van der Waals surface area contributed by atoms with Crippen molar-refractivity contribution in [3.05, 3.63) is 35.9 Å². The summed E-state index contributed by atoms with van der Waals surface area (Å²) in [6.07, 6.45) is 0.651. The third kappa shape index (κ3) is 8.11. The fraction of sp³-hybridized carbons (Fsp3) is 0.579. The third-order valence-electron chi connectivity index (χ3n) is 3.37. The summed E-state index contributed by atoms with van der Waals surface area (Å²) in [5.41, 5.74) is 0.581. The summed E-state index contributed by atoms with van der Waals surface area (Å²) in [7, 11) is 1.94. The molecule has 0 radical (unpaired) electrons. The third-order valence-corrected chi connectivity index (χ3v) is 3.37. The Morgan fingerprint density at radius 2 is 1.83 bits per heavy atom. The van der Waals surface area contributed by atoms with Gasteiger partial charge < -0.3 is 10.1 Å². The van der Waals surface area contributed by atoms with Gasteiger partial charge >= 0.3 is 6.09 Å². The van der Waals surface area contributed by atoms with E-state index in [0.29, 0.717) is 19.5 Å². The van der Waals surface area contributed by atoms with Crippen LogP contribution >= 0.6 is 0 Å². The SMILES string of the molecule is CCCC(=O)C(CN(C)Cc1ccccc1)NC(=O)OC(C)(C)C. The normalized spacial score (nSPS) is 12.8. The fourth-order valence-electron chi connectivity index (χ4n) is 2.37. The Hall–Kier alpha value is -1.88. The molecule has 24 heavy (non-hydrogen) atoms. The number of ether oxygens (including phenoxy) is 1. The highest BCUT2D eigenvalue weighted by Crippen LogP contribution is 2.09. The second-order valence-electron chi connectivity index (χ2n) is 7.10. The summed E-state index contributed by atoms with van der Waals surface area (Å²) in [4.78, 5) is 26.4. The Morgan fingerprint density at radius 3 is 2.38 bits per heavy atom. The average Bonchev–Trinajstić information content (AvgIpc) is 2.45. The number of amides is 1. The Morgan fingerprint density at radius 1 is 1.21 bits per heavy atom. The van der Waals surface area contributed by atoms with Gasteiger partial charge in [0, 0.05) is 19.5 Å². The summed E-state index contributed by atoms with van der Waals surface area (Å²) < 4.78 is 5.28. The van der Waals surface area contributed by atoms with Crippen LogP contribution in [-0.4, -0.2) is 42.0 Å². The molecule has 0 saturated heterocycles. The van der Waals surface area contributed by atoms with Crippen molar-refractivity contribution in [2.24, 2.45) is 0 Å². The molecule has 1 N–H and O–H groups in total. The first-order valence-electron chi connectivity index (χ1n) is 8.46. The first-order valence-corrected chi connectivity index (χ1v) is 8.46. The Kier molecular flexibility index (Phi) is 7.92. The zero-order valence-electron chi connectivity index (χ0n) is 15.5. The number of nitrogens with zero attached hydrogens (tertiary/aromatic N) is 1. The number of carbonyl (C=O) groups is 2. The summed E-state index contributed by atoms with van der Waals surface area (Å²) in [5.74, 6) is 0.0308. The lowest BCUT2D eigenvalue weighted by molar-refractivity contribution is -0.121. The molecular weight excluding hydrogens is 304 g/mol. The van der Waals surface area contributed by atoms with Crippen molar-refractivity contribution >= 4 is 11.9 Å². The molecule has 1 unspecified atom stereocenters. The van der Waals surface area contributed by atoms with Crippen LogP contribution in [0.15, 0.2) is 30.3 Å². The van der Waals surface area contributed by atoms with Crippen molar-refractivity contribution < 1.29 is 14.3 Å². The second-order valence-corrected chi connectivity index (χ2v) is 7.10. The maximum atomic E-state index is 12.3. The zero-order valence-corrected chi connectivity index (χ0v) is 15.5. The lowest BCUT2D eigenvalue weighted by Gasteiger charge is -2.26.